The number of aryl methyl sites for hydroxylation is 2. The number of para-hydroxylation sites is 1. The molecule has 5 nitrogen and oxygen atoms in total. The second-order valence-corrected chi connectivity index (χ2v) is 7.16. The first kappa shape index (κ1) is 17.4. The first-order valence-corrected chi connectivity index (χ1v) is 9.22. The molecule has 1 amide bonds. The fourth-order valence-electron chi connectivity index (χ4n) is 2.90. The summed E-state index contributed by atoms with van der Waals surface area (Å²) in [6, 6.07) is 17.2. The molecule has 0 fully saturated rings. The Labute approximate surface area is 164 Å². The van der Waals surface area contributed by atoms with E-state index in [1.54, 1.807) is 13.0 Å². The first-order valence-electron chi connectivity index (χ1n) is 8.43. The summed E-state index contributed by atoms with van der Waals surface area (Å²) >= 11 is 3.45. The number of carbonyl (C=O) groups is 1. The smallest absolute Gasteiger partial charge is 0.259 e. The molecule has 6 heteroatoms. The lowest BCUT2D eigenvalue weighted by Gasteiger charge is -2.09. The van der Waals surface area contributed by atoms with Gasteiger partial charge in [0.15, 0.2) is 0 Å². The number of halogens is 1. The molecule has 0 aliphatic carbocycles. The minimum atomic E-state index is -0.242. The molecule has 2 aromatic carbocycles. The van der Waals surface area contributed by atoms with Gasteiger partial charge >= 0.3 is 0 Å². The summed E-state index contributed by atoms with van der Waals surface area (Å²) in [7, 11) is 0. The van der Waals surface area contributed by atoms with Crippen molar-refractivity contribution in [2.45, 2.75) is 13.8 Å². The fourth-order valence-corrected chi connectivity index (χ4v) is 3.28. The summed E-state index contributed by atoms with van der Waals surface area (Å²) in [5.41, 5.74) is 4.88. The number of amides is 1. The highest BCUT2D eigenvalue weighted by atomic mass is 79.9. The molecule has 0 saturated carbocycles. The Balaban J connectivity index is 1.83. The molecule has 0 saturated heterocycles. The fraction of sp³-hybridized carbons (Fsp3) is 0.0952. The van der Waals surface area contributed by atoms with Crippen molar-refractivity contribution >= 4 is 38.6 Å². The minimum Gasteiger partial charge on any atom is -0.335 e. The molecule has 2 heterocycles. The predicted molar refractivity (Wildman–Crippen MR) is 109 cm³/mol. The number of fused-ring (bicyclic) bond motifs is 1. The van der Waals surface area contributed by atoms with Gasteiger partial charge in [-0.25, -0.2) is 4.98 Å². The summed E-state index contributed by atoms with van der Waals surface area (Å²) in [6.45, 7) is 3.82. The average Bonchev–Trinajstić information content (AvgIpc) is 3.04. The van der Waals surface area contributed by atoms with Gasteiger partial charge in [-0.2, -0.15) is 0 Å². The van der Waals surface area contributed by atoms with Crippen molar-refractivity contribution in [2.24, 2.45) is 0 Å². The maximum Gasteiger partial charge on any atom is 0.259 e. The van der Waals surface area contributed by atoms with E-state index in [2.05, 4.69) is 31.4 Å². The minimum absolute atomic E-state index is 0.242. The average molecular weight is 422 g/mol. The van der Waals surface area contributed by atoms with Crippen LogP contribution in [0.5, 0.6) is 0 Å². The van der Waals surface area contributed by atoms with Gasteiger partial charge in [0.05, 0.1) is 28.0 Å². The van der Waals surface area contributed by atoms with Crippen LogP contribution in [0.25, 0.3) is 22.4 Å². The third kappa shape index (κ3) is 3.36. The monoisotopic (exact) mass is 421 g/mol. The summed E-state index contributed by atoms with van der Waals surface area (Å²) in [4.78, 5) is 17.6. The third-order valence-electron chi connectivity index (χ3n) is 4.33. The lowest BCUT2D eigenvalue weighted by molar-refractivity contribution is 0.102. The van der Waals surface area contributed by atoms with Crippen LogP contribution in [-0.4, -0.2) is 16.0 Å². The lowest BCUT2D eigenvalue weighted by Crippen LogP contribution is -2.13. The summed E-state index contributed by atoms with van der Waals surface area (Å²) < 4.78 is 6.16. The van der Waals surface area contributed by atoms with E-state index in [0.29, 0.717) is 33.7 Å². The number of carbonyl (C=O) groups excluding carboxylic acids is 1. The standard InChI is InChI=1S/C21H16BrN3O2/c1-12-7-9-14(10-8-12)18-11-15(19-13(2)25-27-21(19)24-18)20(26)23-17-6-4-3-5-16(17)22/h3-11H,1-2H3,(H,23,26). The van der Waals surface area contributed by atoms with Crippen molar-refractivity contribution in [3.8, 4) is 11.3 Å². The Morgan fingerprint density at radius 3 is 2.56 bits per heavy atom. The molecule has 27 heavy (non-hydrogen) atoms. The number of hydrogen-bond donors (Lipinski definition) is 1. The van der Waals surface area contributed by atoms with E-state index >= 15 is 0 Å². The SMILES string of the molecule is Cc1ccc(-c2cc(C(=O)Nc3ccccc3Br)c3c(C)noc3n2)cc1. The zero-order valence-corrected chi connectivity index (χ0v) is 16.4. The molecule has 4 aromatic rings. The van der Waals surface area contributed by atoms with Gasteiger partial charge in [-0.05, 0) is 48.0 Å². The molecule has 0 aliphatic rings. The predicted octanol–water partition coefficient (Wildman–Crippen LogP) is 5.52. The Kier molecular flexibility index (Phi) is 4.49. The van der Waals surface area contributed by atoms with Crippen molar-refractivity contribution in [1.82, 2.24) is 10.1 Å². The van der Waals surface area contributed by atoms with Crippen molar-refractivity contribution in [2.75, 3.05) is 5.32 Å². The van der Waals surface area contributed by atoms with Crippen molar-refractivity contribution in [3.05, 3.63) is 75.9 Å². The number of hydrogen-bond acceptors (Lipinski definition) is 4. The number of aromatic nitrogens is 2. The van der Waals surface area contributed by atoms with Crippen LogP contribution in [0.2, 0.25) is 0 Å². The van der Waals surface area contributed by atoms with E-state index in [9.17, 15) is 4.79 Å². The van der Waals surface area contributed by atoms with Gasteiger partial charge in [-0.3, -0.25) is 4.79 Å². The molecule has 134 valence electrons. The zero-order valence-electron chi connectivity index (χ0n) is 14.8. The molecule has 2 aromatic heterocycles. The molecule has 1 N–H and O–H groups in total. The van der Waals surface area contributed by atoms with Gasteiger partial charge in [-0.1, -0.05) is 47.1 Å². The highest BCUT2D eigenvalue weighted by molar-refractivity contribution is 9.10. The Hall–Kier alpha value is -2.99. The lowest BCUT2D eigenvalue weighted by atomic mass is 10.0. The second kappa shape index (κ2) is 6.96. The van der Waals surface area contributed by atoms with Gasteiger partial charge < -0.3 is 9.84 Å². The number of anilines is 1. The Bertz CT molecular complexity index is 1150. The molecular formula is C21H16BrN3O2. The number of rotatable bonds is 3. The number of nitrogens with one attached hydrogen (secondary N) is 1. The summed E-state index contributed by atoms with van der Waals surface area (Å²) in [5, 5.41) is 7.55. The van der Waals surface area contributed by atoms with Crippen molar-refractivity contribution in [3.63, 3.8) is 0 Å². The van der Waals surface area contributed by atoms with Crippen LogP contribution in [0.3, 0.4) is 0 Å². The normalized spacial score (nSPS) is 10.9. The molecule has 0 spiro atoms. The van der Waals surface area contributed by atoms with Crippen molar-refractivity contribution < 1.29 is 9.32 Å². The maximum atomic E-state index is 13.0. The molecule has 0 radical (unpaired) electrons. The molecule has 4 rings (SSSR count). The van der Waals surface area contributed by atoms with Crippen LogP contribution in [0.4, 0.5) is 5.69 Å². The quantitative estimate of drug-likeness (QED) is 0.472. The highest BCUT2D eigenvalue weighted by Gasteiger charge is 2.20. The van der Waals surface area contributed by atoms with Crippen LogP contribution < -0.4 is 5.32 Å². The first-order chi connectivity index (χ1) is 13.0. The van der Waals surface area contributed by atoms with E-state index in [1.807, 2.05) is 55.5 Å². The number of benzene rings is 2. The van der Waals surface area contributed by atoms with Crippen molar-refractivity contribution in [1.29, 1.82) is 0 Å². The molecule has 0 unspecified atom stereocenters. The second-order valence-electron chi connectivity index (χ2n) is 6.30. The Morgan fingerprint density at radius 2 is 1.81 bits per heavy atom. The zero-order chi connectivity index (χ0) is 19.0. The van der Waals surface area contributed by atoms with Gasteiger partial charge in [0, 0.05) is 10.0 Å². The summed E-state index contributed by atoms with van der Waals surface area (Å²) in [6.07, 6.45) is 0. The van der Waals surface area contributed by atoms with Gasteiger partial charge in [0.2, 0.25) is 0 Å². The molecule has 0 atom stereocenters. The van der Waals surface area contributed by atoms with Crippen LogP contribution in [0, 0.1) is 13.8 Å². The van der Waals surface area contributed by atoms with E-state index in [-0.39, 0.29) is 5.91 Å². The number of pyridine rings is 1. The van der Waals surface area contributed by atoms with Gasteiger partial charge in [0.25, 0.3) is 11.6 Å². The van der Waals surface area contributed by atoms with Crippen LogP contribution >= 0.6 is 15.9 Å². The van der Waals surface area contributed by atoms with Gasteiger partial charge in [-0.15, -0.1) is 0 Å². The van der Waals surface area contributed by atoms with E-state index in [4.69, 9.17) is 4.52 Å². The van der Waals surface area contributed by atoms with Crippen LogP contribution in [-0.2, 0) is 0 Å². The molecule has 0 bridgehead atoms. The Morgan fingerprint density at radius 1 is 1.07 bits per heavy atom. The maximum absolute atomic E-state index is 13.0. The topological polar surface area (TPSA) is 68.0 Å². The van der Waals surface area contributed by atoms with E-state index in [0.717, 1.165) is 15.6 Å². The third-order valence-corrected chi connectivity index (χ3v) is 5.02. The van der Waals surface area contributed by atoms with E-state index < -0.39 is 0 Å². The van der Waals surface area contributed by atoms with E-state index in [1.165, 1.54) is 0 Å². The largest absolute Gasteiger partial charge is 0.335 e. The van der Waals surface area contributed by atoms with Crippen LogP contribution in [0.15, 0.2) is 63.6 Å². The highest BCUT2D eigenvalue weighted by Crippen LogP contribution is 2.29. The summed E-state index contributed by atoms with van der Waals surface area (Å²) in [5.74, 6) is -0.242. The molecule has 0 aliphatic heterocycles. The van der Waals surface area contributed by atoms with Crippen LogP contribution in [0.1, 0.15) is 21.6 Å². The van der Waals surface area contributed by atoms with Gasteiger partial charge in [0.1, 0.15) is 0 Å². The molecular weight excluding hydrogens is 406 g/mol. The number of nitrogens with zero attached hydrogens (tertiary/aromatic N) is 2.